The van der Waals surface area contributed by atoms with E-state index in [1.54, 1.807) is 31.3 Å². The van der Waals surface area contributed by atoms with E-state index in [-0.39, 0.29) is 38.4 Å². The lowest BCUT2D eigenvalue weighted by molar-refractivity contribution is -0.138. The topological polar surface area (TPSA) is 166 Å². The molecule has 1 unspecified atom stereocenters. The van der Waals surface area contributed by atoms with Gasteiger partial charge >= 0.3 is 5.97 Å². The van der Waals surface area contributed by atoms with Gasteiger partial charge in [-0.2, -0.15) is 0 Å². The average molecular weight is 464 g/mol. The number of carboxylic acid groups (broad SMARTS) is 1. The number of rotatable bonds is 15. The molecule has 0 aliphatic heterocycles. The maximum atomic E-state index is 12.4. The second-order valence-corrected chi connectivity index (χ2v) is 7.38. The lowest BCUT2D eigenvalue weighted by atomic mass is 10.1. The summed E-state index contributed by atoms with van der Waals surface area (Å²) in [6.45, 7) is 2.61. The van der Waals surface area contributed by atoms with E-state index in [2.05, 4.69) is 26.6 Å². The predicted octanol–water partition coefficient (Wildman–Crippen LogP) is -0.482. The summed E-state index contributed by atoms with van der Waals surface area (Å²) in [6.07, 6.45) is 1.54. The van der Waals surface area contributed by atoms with Crippen molar-refractivity contribution in [3.63, 3.8) is 0 Å². The predicted molar refractivity (Wildman–Crippen MR) is 121 cm³/mol. The number of aliphatic carboxylic acids is 1. The van der Waals surface area contributed by atoms with Crippen molar-refractivity contribution in [2.75, 3.05) is 26.7 Å². The number of amides is 4. The molecule has 0 spiro atoms. The monoisotopic (exact) mass is 463 g/mol. The van der Waals surface area contributed by atoms with Crippen molar-refractivity contribution in [1.82, 2.24) is 26.6 Å². The Morgan fingerprint density at radius 3 is 2.24 bits per heavy atom. The SMILES string of the molecule is CCCCNC(=O)CNC(=O)c1ccc(CNC(=O)C(CCC(=O)O)NC(=O)CNC)cc1. The smallest absolute Gasteiger partial charge is 0.303 e. The molecule has 0 fully saturated rings. The minimum Gasteiger partial charge on any atom is -0.481 e. The van der Waals surface area contributed by atoms with Crippen LogP contribution in [0.5, 0.6) is 0 Å². The molecule has 4 amide bonds. The summed E-state index contributed by atoms with van der Waals surface area (Å²) in [5.74, 6) is -2.63. The van der Waals surface area contributed by atoms with Gasteiger partial charge in [0.2, 0.25) is 17.7 Å². The molecule has 0 bridgehead atoms. The Hall–Kier alpha value is -3.47. The Kier molecular flexibility index (Phi) is 12.8. The lowest BCUT2D eigenvalue weighted by Gasteiger charge is -2.18. The summed E-state index contributed by atoms with van der Waals surface area (Å²) in [7, 11) is 1.58. The highest BCUT2D eigenvalue weighted by Crippen LogP contribution is 2.05. The molecule has 0 saturated carbocycles. The molecule has 6 N–H and O–H groups in total. The van der Waals surface area contributed by atoms with Gasteiger partial charge in [0.1, 0.15) is 6.04 Å². The molecule has 1 aromatic rings. The molecule has 0 heterocycles. The fourth-order valence-corrected chi connectivity index (χ4v) is 2.76. The summed E-state index contributed by atoms with van der Waals surface area (Å²) < 4.78 is 0. The zero-order chi connectivity index (χ0) is 24.6. The van der Waals surface area contributed by atoms with Gasteiger partial charge in [-0.1, -0.05) is 25.5 Å². The highest BCUT2D eigenvalue weighted by atomic mass is 16.4. The van der Waals surface area contributed by atoms with Crippen LogP contribution < -0.4 is 26.6 Å². The first-order valence-corrected chi connectivity index (χ1v) is 10.8. The summed E-state index contributed by atoms with van der Waals surface area (Å²) in [5.41, 5.74) is 1.07. The van der Waals surface area contributed by atoms with Gasteiger partial charge in [-0.3, -0.25) is 24.0 Å². The van der Waals surface area contributed by atoms with Crippen molar-refractivity contribution < 1.29 is 29.1 Å². The molecule has 11 nitrogen and oxygen atoms in total. The number of carbonyl (C=O) groups is 5. The largest absolute Gasteiger partial charge is 0.481 e. The highest BCUT2D eigenvalue weighted by molar-refractivity contribution is 5.96. The van der Waals surface area contributed by atoms with E-state index in [4.69, 9.17) is 5.11 Å². The van der Waals surface area contributed by atoms with Gasteiger partial charge in [-0.15, -0.1) is 0 Å². The van der Waals surface area contributed by atoms with Gasteiger partial charge in [0.15, 0.2) is 0 Å². The maximum absolute atomic E-state index is 12.4. The first kappa shape index (κ1) is 27.6. The standard InChI is InChI=1S/C22H33N5O6/c1-3-4-11-24-18(28)14-26-21(32)16-7-5-15(6-8-16)12-25-22(33)17(9-10-20(30)31)27-19(29)13-23-2/h5-8,17,23H,3-4,9-14H2,1-2H3,(H,24,28)(H,25,33)(H,26,32)(H,27,29)(H,30,31). The Labute approximate surface area is 193 Å². The van der Waals surface area contributed by atoms with E-state index in [0.29, 0.717) is 17.7 Å². The third kappa shape index (κ3) is 11.6. The van der Waals surface area contributed by atoms with Crippen LogP contribution in [0.4, 0.5) is 0 Å². The van der Waals surface area contributed by atoms with Crippen LogP contribution in [0.1, 0.15) is 48.5 Å². The van der Waals surface area contributed by atoms with Gasteiger partial charge in [0, 0.05) is 25.1 Å². The normalized spacial score (nSPS) is 11.2. The fraction of sp³-hybridized carbons (Fsp3) is 0.500. The van der Waals surface area contributed by atoms with Crippen molar-refractivity contribution in [3.05, 3.63) is 35.4 Å². The summed E-state index contributed by atoms with van der Waals surface area (Å²) in [5, 5.41) is 22.0. The maximum Gasteiger partial charge on any atom is 0.303 e. The molecule has 1 atom stereocenters. The van der Waals surface area contributed by atoms with Crippen molar-refractivity contribution in [1.29, 1.82) is 0 Å². The second-order valence-electron chi connectivity index (χ2n) is 7.38. The number of carbonyl (C=O) groups excluding carboxylic acids is 4. The summed E-state index contributed by atoms with van der Waals surface area (Å²) in [6, 6.07) is 5.48. The van der Waals surface area contributed by atoms with Crippen molar-refractivity contribution in [2.24, 2.45) is 0 Å². The number of hydrogen-bond acceptors (Lipinski definition) is 6. The quantitative estimate of drug-likeness (QED) is 0.191. The second kappa shape index (κ2) is 15.4. The minimum absolute atomic E-state index is 0.000771. The van der Waals surface area contributed by atoms with Crippen LogP contribution in [-0.4, -0.2) is 67.4 Å². The highest BCUT2D eigenvalue weighted by Gasteiger charge is 2.21. The van der Waals surface area contributed by atoms with Crippen molar-refractivity contribution >= 4 is 29.6 Å². The molecular formula is C22H33N5O6. The van der Waals surface area contributed by atoms with Crippen molar-refractivity contribution in [2.45, 2.75) is 45.2 Å². The summed E-state index contributed by atoms with van der Waals surface area (Å²) in [4.78, 5) is 58.9. The number of benzene rings is 1. The molecule has 0 aliphatic rings. The number of likely N-dealkylation sites (N-methyl/N-ethyl adjacent to an activating group) is 1. The van der Waals surface area contributed by atoms with E-state index in [1.807, 2.05) is 6.92 Å². The number of hydrogen-bond donors (Lipinski definition) is 6. The fourth-order valence-electron chi connectivity index (χ4n) is 2.76. The third-order valence-electron chi connectivity index (χ3n) is 4.58. The number of unbranched alkanes of at least 4 members (excludes halogenated alkanes) is 1. The van der Waals surface area contributed by atoms with Crippen LogP contribution in [-0.2, 0) is 25.7 Å². The van der Waals surface area contributed by atoms with Crippen LogP contribution in [0.25, 0.3) is 0 Å². The average Bonchev–Trinajstić information content (AvgIpc) is 2.79. The molecular weight excluding hydrogens is 430 g/mol. The van der Waals surface area contributed by atoms with Crippen LogP contribution >= 0.6 is 0 Å². The van der Waals surface area contributed by atoms with Gasteiger partial charge in [0.25, 0.3) is 5.91 Å². The van der Waals surface area contributed by atoms with E-state index in [0.717, 1.165) is 12.8 Å². The first-order valence-electron chi connectivity index (χ1n) is 10.8. The minimum atomic E-state index is -1.07. The van der Waals surface area contributed by atoms with Gasteiger partial charge in [0.05, 0.1) is 13.1 Å². The zero-order valence-electron chi connectivity index (χ0n) is 19.0. The molecule has 0 saturated heterocycles. The van der Waals surface area contributed by atoms with E-state index >= 15 is 0 Å². The molecule has 182 valence electrons. The van der Waals surface area contributed by atoms with Gasteiger partial charge in [-0.25, -0.2) is 0 Å². The van der Waals surface area contributed by atoms with Crippen LogP contribution in [0.15, 0.2) is 24.3 Å². The Morgan fingerprint density at radius 1 is 0.939 bits per heavy atom. The van der Waals surface area contributed by atoms with E-state index < -0.39 is 29.7 Å². The third-order valence-corrected chi connectivity index (χ3v) is 4.58. The molecule has 1 aromatic carbocycles. The van der Waals surface area contributed by atoms with E-state index in [1.165, 1.54) is 0 Å². The van der Waals surface area contributed by atoms with Crippen LogP contribution in [0.2, 0.25) is 0 Å². The molecule has 11 heteroatoms. The molecule has 0 radical (unpaired) electrons. The van der Waals surface area contributed by atoms with E-state index in [9.17, 15) is 24.0 Å². The number of nitrogens with one attached hydrogen (secondary N) is 5. The summed E-state index contributed by atoms with van der Waals surface area (Å²) >= 11 is 0. The zero-order valence-corrected chi connectivity index (χ0v) is 19.0. The lowest BCUT2D eigenvalue weighted by Crippen LogP contribution is -2.48. The first-order chi connectivity index (χ1) is 15.8. The molecule has 0 aliphatic carbocycles. The van der Waals surface area contributed by atoms with Crippen molar-refractivity contribution in [3.8, 4) is 0 Å². The molecule has 1 rings (SSSR count). The number of carboxylic acids is 1. The van der Waals surface area contributed by atoms with Crippen LogP contribution in [0.3, 0.4) is 0 Å². The molecule has 0 aromatic heterocycles. The molecule has 33 heavy (non-hydrogen) atoms. The Bertz CT molecular complexity index is 812. The van der Waals surface area contributed by atoms with Gasteiger partial charge < -0.3 is 31.7 Å². The van der Waals surface area contributed by atoms with Gasteiger partial charge in [-0.05, 0) is 37.6 Å². The van der Waals surface area contributed by atoms with Crippen LogP contribution in [0, 0.1) is 0 Å². The Morgan fingerprint density at radius 2 is 1.64 bits per heavy atom. The Balaban J connectivity index is 2.56.